The fraction of sp³-hybridized carbons (Fsp3) is 0.500. The molecule has 0 aliphatic heterocycles. The van der Waals surface area contributed by atoms with Crippen molar-refractivity contribution < 1.29 is 4.79 Å². The lowest BCUT2D eigenvalue weighted by atomic mass is 10.1. The van der Waals surface area contributed by atoms with E-state index in [1.54, 1.807) is 0 Å². The molecule has 5 heteroatoms. The molecule has 0 aromatic carbocycles. The van der Waals surface area contributed by atoms with Gasteiger partial charge in [0.15, 0.2) is 0 Å². The van der Waals surface area contributed by atoms with Crippen molar-refractivity contribution in [2.45, 2.75) is 19.9 Å². The van der Waals surface area contributed by atoms with E-state index in [0.29, 0.717) is 16.7 Å². The molecule has 1 heterocycles. The number of rotatable bonds is 4. The molecule has 0 saturated carbocycles. The van der Waals surface area contributed by atoms with E-state index in [9.17, 15) is 4.79 Å². The monoisotopic (exact) mass is 309 g/mol. The first-order valence-electron chi connectivity index (χ1n) is 4.66. The van der Waals surface area contributed by atoms with E-state index >= 15 is 0 Å². The number of nitrogens with one attached hydrogen (secondary N) is 1. The van der Waals surface area contributed by atoms with Gasteiger partial charge in [-0.2, -0.15) is 0 Å². The van der Waals surface area contributed by atoms with Crippen molar-refractivity contribution in [3.8, 4) is 0 Å². The van der Waals surface area contributed by atoms with Gasteiger partial charge < -0.3 is 5.32 Å². The summed E-state index contributed by atoms with van der Waals surface area (Å²) in [6.07, 6.45) is 0. The molecule has 1 amide bonds. The number of halogens is 2. The molecule has 0 aliphatic rings. The molecule has 2 nitrogen and oxygen atoms in total. The largest absolute Gasteiger partial charge is 0.347 e. The number of thiophene rings is 1. The van der Waals surface area contributed by atoms with E-state index in [4.69, 9.17) is 11.6 Å². The molecule has 1 rings (SSSR count). The summed E-state index contributed by atoms with van der Waals surface area (Å²) < 4.78 is 0.835. The fourth-order valence-corrected chi connectivity index (χ4v) is 2.96. The summed E-state index contributed by atoms with van der Waals surface area (Å²) in [6, 6.07) is 1.89. The average molecular weight is 311 g/mol. The zero-order chi connectivity index (χ0) is 11.4. The van der Waals surface area contributed by atoms with Crippen molar-refractivity contribution in [2.24, 2.45) is 5.92 Å². The second kappa shape index (κ2) is 5.87. The minimum Gasteiger partial charge on any atom is -0.347 e. The van der Waals surface area contributed by atoms with Gasteiger partial charge in [-0.3, -0.25) is 4.79 Å². The molecular weight excluding hydrogens is 298 g/mol. The second-order valence-electron chi connectivity index (χ2n) is 3.58. The highest BCUT2D eigenvalue weighted by Crippen LogP contribution is 2.22. The maximum Gasteiger partial charge on any atom is 0.262 e. The van der Waals surface area contributed by atoms with Crippen LogP contribution in [-0.2, 0) is 0 Å². The van der Waals surface area contributed by atoms with Crippen molar-refractivity contribution in [1.29, 1.82) is 0 Å². The van der Waals surface area contributed by atoms with Crippen LogP contribution in [0.2, 0.25) is 0 Å². The topological polar surface area (TPSA) is 29.1 Å². The Morgan fingerprint density at radius 2 is 2.33 bits per heavy atom. The summed E-state index contributed by atoms with van der Waals surface area (Å²) in [5, 5.41) is 4.80. The number of carbonyl (C=O) groups excluding carboxylic acids is 1. The summed E-state index contributed by atoms with van der Waals surface area (Å²) in [4.78, 5) is 12.5. The van der Waals surface area contributed by atoms with E-state index in [0.717, 1.165) is 4.47 Å². The number of carbonyl (C=O) groups is 1. The quantitative estimate of drug-likeness (QED) is 0.847. The number of amides is 1. The van der Waals surface area contributed by atoms with E-state index in [1.807, 2.05) is 25.3 Å². The van der Waals surface area contributed by atoms with Crippen molar-refractivity contribution >= 4 is 44.8 Å². The molecule has 0 bridgehead atoms. The third-order valence-corrected chi connectivity index (χ3v) is 4.28. The van der Waals surface area contributed by atoms with Gasteiger partial charge in [0.05, 0.1) is 0 Å². The molecule has 0 spiro atoms. The average Bonchev–Trinajstić information content (AvgIpc) is 2.60. The predicted octanol–water partition coefficient (Wildman–Crippen LogP) is 3.50. The van der Waals surface area contributed by atoms with E-state index < -0.39 is 0 Å². The van der Waals surface area contributed by atoms with E-state index in [2.05, 4.69) is 21.2 Å². The fourth-order valence-electron chi connectivity index (χ4n) is 1.07. The number of hydrogen-bond acceptors (Lipinski definition) is 2. The maximum absolute atomic E-state index is 11.8. The highest BCUT2D eigenvalue weighted by Gasteiger charge is 2.18. The van der Waals surface area contributed by atoms with Gasteiger partial charge in [0.2, 0.25) is 0 Å². The van der Waals surface area contributed by atoms with Crippen molar-refractivity contribution in [3.05, 3.63) is 20.8 Å². The standard InChI is InChI=1S/C10H13BrClNOS/c1-6(2)8(5-12)13-10(14)9-7(11)3-4-15-9/h3-4,6,8H,5H2,1-2H3,(H,13,14). The van der Waals surface area contributed by atoms with Gasteiger partial charge in [0.1, 0.15) is 4.88 Å². The van der Waals surface area contributed by atoms with Gasteiger partial charge in [-0.25, -0.2) is 0 Å². The lowest BCUT2D eigenvalue weighted by Gasteiger charge is -2.19. The van der Waals surface area contributed by atoms with Gasteiger partial charge in [0, 0.05) is 16.4 Å². The molecule has 84 valence electrons. The molecule has 0 radical (unpaired) electrons. The first-order valence-corrected chi connectivity index (χ1v) is 6.86. The Balaban J connectivity index is 2.67. The Hall–Kier alpha value is -0.0600. The lowest BCUT2D eigenvalue weighted by molar-refractivity contribution is 0.0934. The van der Waals surface area contributed by atoms with Gasteiger partial charge in [0.25, 0.3) is 5.91 Å². The molecule has 1 aromatic rings. The van der Waals surface area contributed by atoms with Gasteiger partial charge in [-0.1, -0.05) is 13.8 Å². The van der Waals surface area contributed by atoms with Gasteiger partial charge in [-0.05, 0) is 33.3 Å². The molecule has 1 atom stereocenters. The molecule has 15 heavy (non-hydrogen) atoms. The Morgan fingerprint density at radius 3 is 2.73 bits per heavy atom. The number of alkyl halides is 1. The lowest BCUT2D eigenvalue weighted by Crippen LogP contribution is -2.39. The highest BCUT2D eigenvalue weighted by atomic mass is 79.9. The highest BCUT2D eigenvalue weighted by molar-refractivity contribution is 9.10. The van der Waals surface area contributed by atoms with Gasteiger partial charge >= 0.3 is 0 Å². The Labute approximate surface area is 107 Å². The first kappa shape index (κ1) is 13.0. The van der Waals surface area contributed by atoms with Crippen LogP contribution < -0.4 is 5.32 Å². The van der Waals surface area contributed by atoms with Gasteiger partial charge in [-0.15, -0.1) is 22.9 Å². The van der Waals surface area contributed by atoms with E-state index in [1.165, 1.54) is 11.3 Å². The Bertz CT molecular complexity index is 340. The third-order valence-electron chi connectivity index (χ3n) is 2.11. The Kier molecular flexibility index (Phi) is 5.09. The van der Waals surface area contributed by atoms with Crippen LogP contribution in [0.15, 0.2) is 15.9 Å². The molecule has 1 unspecified atom stereocenters. The SMILES string of the molecule is CC(C)C(CCl)NC(=O)c1sccc1Br. The number of hydrogen-bond donors (Lipinski definition) is 1. The van der Waals surface area contributed by atoms with Crippen LogP contribution in [0, 0.1) is 5.92 Å². The second-order valence-corrected chi connectivity index (χ2v) is 5.65. The summed E-state index contributed by atoms with van der Waals surface area (Å²) >= 11 is 10.5. The summed E-state index contributed by atoms with van der Waals surface area (Å²) in [6.45, 7) is 4.08. The van der Waals surface area contributed by atoms with Crippen LogP contribution in [0.1, 0.15) is 23.5 Å². The van der Waals surface area contributed by atoms with Crippen LogP contribution in [-0.4, -0.2) is 17.8 Å². The normalized spacial score (nSPS) is 12.9. The molecule has 0 aliphatic carbocycles. The predicted molar refractivity (Wildman–Crippen MR) is 68.8 cm³/mol. The molecule has 0 fully saturated rings. The summed E-state index contributed by atoms with van der Waals surface area (Å²) in [5.41, 5.74) is 0. The maximum atomic E-state index is 11.8. The van der Waals surface area contributed by atoms with Crippen LogP contribution in [0.4, 0.5) is 0 Å². The first-order chi connectivity index (χ1) is 7.06. The zero-order valence-corrected chi connectivity index (χ0v) is 11.7. The summed E-state index contributed by atoms with van der Waals surface area (Å²) in [5.74, 6) is 0.716. The van der Waals surface area contributed by atoms with Crippen LogP contribution in [0.5, 0.6) is 0 Å². The van der Waals surface area contributed by atoms with Crippen molar-refractivity contribution in [1.82, 2.24) is 5.32 Å². The molecule has 1 aromatic heterocycles. The van der Waals surface area contributed by atoms with Crippen molar-refractivity contribution in [3.63, 3.8) is 0 Å². The Morgan fingerprint density at radius 1 is 1.67 bits per heavy atom. The van der Waals surface area contributed by atoms with Crippen LogP contribution in [0.3, 0.4) is 0 Å². The minimum absolute atomic E-state index is 0.0215. The van der Waals surface area contributed by atoms with E-state index in [-0.39, 0.29) is 11.9 Å². The molecular formula is C10H13BrClNOS. The van der Waals surface area contributed by atoms with Crippen LogP contribution >= 0.6 is 38.9 Å². The molecule has 0 saturated heterocycles. The summed E-state index contributed by atoms with van der Waals surface area (Å²) in [7, 11) is 0. The third kappa shape index (κ3) is 3.47. The smallest absolute Gasteiger partial charge is 0.262 e. The van der Waals surface area contributed by atoms with Crippen LogP contribution in [0.25, 0.3) is 0 Å². The van der Waals surface area contributed by atoms with Crippen molar-refractivity contribution in [2.75, 3.05) is 5.88 Å². The minimum atomic E-state index is -0.0591. The zero-order valence-electron chi connectivity index (χ0n) is 8.59. The molecule has 1 N–H and O–H groups in total.